The number of hydrogen-bond donors (Lipinski definition) is 0. The predicted molar refractivity (Wildman–Crippen MR) is 94.4 cm³/mol. The van der Waals surface area contributed by atoms with E-state index < -0.39 is 0 Å². The van der Waals surface area contributed by atoms with Gasteiger partial charge in [-0.15, -0.1) is 10.2 Å². The number of nitrogens with zero attached hydrogens (tertiary/aromatic N) is 7. The molecule has 3 aromatic rings. The molecule has 3 aromatic heterocycles. The fourth-order valence-corrected chi connectivity index (χ4v) is 3.45. The Morgan fingerprint density at radius 1 is 1.16 bits per heavy atom. The average molecular weight is 339 g/mol. The van der Waals surface area contributed by atoms with Crippen LogP contribution in [0.4, 0.5) is 5.95 Å². The number of pyridine rings is 1. The summed E-state index contributed by atoms with van der Waals surface area (Å²) >= 11 is 0. The Labute approximate surface area is 145 Å². The van der Waals surface area contributed by atoms with Gasteiger partial charge in [-0.05, 0) is 26.0 Å². The third-order valence-corrected chi connectivity index (χ3v) is 4.90. The molecule has 0 aromatic carbocycles. The van der Waals surface area contributed by atoms with Crippen molar-refractivity contribution in [2.45, 2.75) is 19.9 Å². The second-order valence-electron chi connectivity index (χ2n) is 6.49. The molecule has 1 amide bonds. The van der Waals surface area contributed by atoms with Crippen molar-refractivity contribution >= 4 is 17.5 Å². The van der Waals surface area contributed by atoms with Crippen LogP contribution in [0.5, 0.6) is 0 Å². The van der Waals surface area contributed by atoms with E-state index in [4.69, 9.17) is 0 Å². The van der Waals surface area contributed by atoms with E-state index in [1.807, 2.05) is 66.2 Å². The maximum atomic E-state index is 12.3. The summed E-state index contributed by atoms with van der Waals surface area (Å²) in [6, 6.07) is 5.65. The van der Waals surface area contributed by atoms with E-state index in [2.05, 4.69) is 15.2 Å². The molecular weight excluding hydrogens is 318 g/mol. The molecule has 1 fully saturated rings. The number of fused-ring (bicyclic) bond motifs is 1. The monoisotopic (exact) mass is 339 g/mol. The van der Waals surface area contributed by atoms with E-state index in [1.54, 1.807) is 4.90 Å². The van der Waals surface area contributed by atoms with Crippen LogP contribution in [0.1, 0.15) is 12.6 Å². The van der Waals surface area contributed by atoms with Gasteiger partial charge in [-0.1, -0.05) is 6.07 Å². The van der Waals surface area contributed by atoms with Crippen molar-refractivity contribution in [1.82, 2.24) is 29.0 Å². The third-order valence-electron chi connectivity index (χ3n) is 4.90. The van der Waals surface area contributed by atoms with Gasteiger partial charge in [-0.2, -0.15) is 0 Å². The summed E-state index contributed by atoms with van der Waals surface area (Å²) in [6.45, 7) is 5.30. The van der Waals surface area contributed by atoms with E-state index >= 15 is 0 Å². The minimum atomic E-state index is -0.252. The highest BCUT2D eigenvalue weighted by atomic mass is 16.2. The standard InChI is InChI=1S/C17H21N7O/c1-11-14(24-8-6-5-7-13(24)18-11)15-19-20-17(22(15)4)23-10-9-21(3)16(25)12(23)2/h5-8,12H,9-10H2,1-4H3. The molecular formula is C17H21N7O. The minimum absolute atomic E-state index is 0.0989. The molecule has 1 saturated heterocycles. The molecule has 1 aliphatic heterocycles. The molecule has 1 unspecified atom stereocenters. The SMILES string of the molecule is Cc1nc2ccccn2c1-c1nnc(N2CCN(C)C(=O)C2C)n1C. The maximum absolute atomic E-state index is 12.3. The topological polar surface area (TPSA) is 71.6 Å². The molecule has 8 nitrogen and oxygen atoms in total. The number of carbonyl (C=O) groups excluding carboxylic acids is 1. The first-order valence-corrected chi connectivity index (χ1v) is 8.34. The van der Waals surface area contributed by atoms with E-state index in [1.165, 1.54) is 0 Å². The molecule has 130 valence electrons. The fraction of sp³-hybridized carbons (Fsp3) is 0.412. The third kappa shape index (κ3) is 2.28. The summed E-state index contributed by atoms with van der Waals surface area (Å²) in [7, 11) is 3.77. The first kappa shape index (κ1) is 15.6. The largest absolute Gasteiger partial charge is 0.342 e. The summed E-state index contributed by atoms with van der Waals surface area (Å²) in [6.07, 6.45) is 1.97. The second-order valence-corrected chi connectivity index (χ2v) is 6.49. The maximum Gasteiger partial charge on any atom is 0.244 e. The van der Waals surface area contributed by atoms with Gasteiger partial charge in [0.2, 0.25) is 11.9 Å². The molecule has 1 atom stereocenters. The Balaban J connectivity index is 1.79. The van der Waals surface area contributed by atoms with E-state index in [0.29, 0.717) is 12.5 Å². The van der Waals surface area contributed by atoms with E-state index in [-0.39, 0.29) is 11.9 Å². The Kier molecular flexibility index (Phi) is 3.48. The second kappa shape index (κ2) is 5.58. The molecule has 0 bridgehead atoms. The van der Waals surface area contributed by atoms with Crippen molar-refractivity contribution < 1.29 is 4.79 Å². The zero-order valence-electron chi connectivity index (χ0n) is 14.8. The van der Waals surface area contributed by atoms with Gasteiger partial charge >= 0.3 is 0 Å². The van der Waals surface area contributed by atoms with Gasteiger partial charge in [-0.25, -0.2) is 4.98 Å². The molecule has 8 heteroatoms. The number of likely N-dealkylation sites (N-methyl/N-ethyl adjacent to an activating group) is 1. The highest BCUT2D eigenvalue weighted by Gasteiger charge is 2.32. The number of anilines is 1. The molecule has 25 heavy (non-hydrogen) atoms. The highest BCUT2D eigenvalue weighted by Crippen LogP contribution is 2.27. The van der Waals surface area contributed by atoms with Crippen LogP contribution in [-0.2, 0) is 11.8 Å². The lowest BCUT2D eigenvalue weighted by molar-refractivity contribution is -0.132. The molecule has 4 rings (SSSR count). The van der Waals surface area contributed by atoms with Crippen molar-refractivity contribution in [2.24, 2.45) is 7.05 Å². The molecule has 4 heterocycles. The minimum Gasteiger partial charge on any atom is -0.342 e. The van der Waals surface area contributed by atoms with Crippen LogP contribution in [0.15, 0.2) is 24.4 Å². The van der Waals surface area contributed by atoms with Crippen molar-refractivity contribution in [1.29, 1.82) is 0 Å². The highest BCUT2D eigenvalue weighted by molar-refractivity contribution is 5.85. The zero-order valence-corrected chi connectivity index (χ0v) is 14.8. The molecule has 0 N–H and O–H groups in total. The van der Waals surface area contributed by atoms with E-state index in [0.717, 1.165) is 29.4 Å². The molecule has 0 spiro atoms. The van der Waals surface area contributed by atoms with Crippen LogP contribution in [0.2, 0.25) is 0 Å². The predicted octanol–water partition coefficient (Wildman–Crippen LogP) is 1.11. The normalized spacial score (nSPS) is 18.4. The number of hydrogen-bond acceptors (Lipinski definition) is 5. The molecule has 0 aliphatic carbocycles. The number of carbonyl (C=O) groups is 1. The van der Waals surface area contributed by atoms with Crippen LogP contribution in [0.3, 0.4) is 0 Å². The molecule has 0 radical (unpaired) electrons. The quantitative estimate of drug-likeness (QED) is 0.699. The van der Waals surface area contributed by atoms with Crippen molar-refractivity contribution in [3.8, 4) is 11.5 Å². The van der Waals surface area contributed by atoms with Crippen LogP contribution in [0.25, 0.3) is 17.2 Å². The zero-order chi connectivity index (χ0) is 17.7. The Hall–Kier alpha value is -2.90. The van der Waals surface area contributed by atoms with Crippen molar-refractivity contribution in [3.63, 3.8) is 0 Å². The summed E-state index contributed by atoms with van der Waals surface area (Å²) in [4.78, 5) is 20.7. The number of amides is 1. The first-order chi connectivity index (χ1) is 12.0. The van der Waals surface area contributed by atoms with Gasteiger partial charge < -0.3 is 9.80 Å². The Bertz CT molecular complexity index is 957. The Morgan fingerprint density at radius 3 is 2.76 bits per heavy atom. The smallest absolute Gasteiger partial charge is 0.244 e. The average Bonchev–Trinajstić information content (AvgIpc) is 3.12. The lowest BCUT2D eigenvalue weighted by atomic mass is 10.2. The lowest BCUT2D eigenvalue weighted by Gasteiger charge is -2.37. The first-order valence-electron chi connectivity index (χ1n) is 8.34. The number of aryl methyl sites for hydroxylation is 1. The molecule has 0 saturated carbocycles. The molecule has 1 aliphatic rings. The lowest BCUT2D eigenvalue weighted by Crippen LogP contribution is -2.55. The van der Waals surface area contributed by atoms with Gasteiger partial charge in [0.15, 0.2) is 5.82 Å². The summed E-state index contributed by atoms with van der Waals surface area (Å²) in [5.74, 6) is 1.54. The van der Waals surface area contributed by atoms with Gasteiger partial charge in [0.25, 0.3) is 0 Å². The van der Waals surface area contributed by atoms with Gasteiger partial charge in [0, 0.05) is 33.4 Å². The van der Waals surface area contributed by atoms with Crippen LogP contribution in [-0.4, -0.2) is 61.1 Å². The summed E-state index contributed by atoms with van der Waals surface area (Å²) in [5, 5.41) is 8.79. The number of piperazine rings is 1. The van der Waals surface area contributed by atoms with Crippen LogP contribution in [0, 0.1) is 6.92 Å². The van der Waals surface area contributed by atoms with Crippen molar-refractivity contribution in [2.75, 3.05) is 25.0 Å². The summed E-state index contributed by atoms with van der Waals surface area (Å²) < 4.78 is 3.96. The van der Waals surface area contributed by atoms with Gasteiger partial charge in [0.05, 0.1) is 5.69 Å². The van der Waals surface area contributed by atoms with Gasteiger partial charge in [-0.3, -0.25) is 13.8 Å². The number of imidazole rings is 1. The fourth-order valence-electron chi connectivity index (χ4n) is 3.45. The van der Waals surface area contributed by atoms with Gasteiger partial charge in [0.1, 0.15) is 17.4 Å². The van der Waals surface area contributed by atoms with Crippen molar-refractivity contribution in [3.05, 3.63) is 30.1 Å². The number of aromatic nitrogens is 5. The van der Waals surface area contributed by atoms with E-state index in [9.17, 15) is 4.79 Å². The summed E-state index contributed by atoms with van der Waals surface area (Å²) in [5.41, 5.74) is 2.70. The Morgan fingerprint density at radius 2 is 1.96 bits per heavy atom. The van der Waals surface area contributed by atoms with Crippen LogP contribution < -0.4 is 4.90 Å². The number of rotatable bonds is 2. The van der Waals surface area contributed by atoms with Crippen LogP contribution >= 0.6 is 0 Å².